The van der Waals surface area contributed by atoms with Crippen LogP contribution in [0.3, 0.4) is 0 Å². The number of fused-ring (bicyclic) bond motifs is 1. The average molecular weight is 377 g/mol. The molecule has 1 fully saturated rings. The van der Waals surface area contributed by atoms with Gasteiger partial charge in [-0.15, -0.1) is 0 Å². The molecule has 1 aromatic heterocycles. The number of carbonyl (C=O) groups excluding carboxylic acids is 1. The summed E-state index contributed by atoms with van der Waals surface area (Å²) in [5.41, 5.74) is 5.72. The minimum atomic E-state index is -0.0851. The van der Waals surface area contributed by atoms with Gasteiger partial charge in [-0.3, -0.25) is 9.69 Å². The van der Waals surface area contributed by atoms with Crippen LogP contribution in [0.5, 0.6) is 0 Å². The molecule has 2 heterocycles. The minimum Gasteiger partial charge on any atom is -0.356 e. The van der Waals surface area contributed by atoms with Crippen LogP contribution in [0.2, 0.25) is 0 Å². The summed E-state index contributed by atoms with van der Waals surface area (Å²) >= 11 is 0. The number of hydrogen-bond donors (Lipinski definition) is 1. The lowest BCUT2D eigenvalue weighted by atomic mass is 10.1. The summed E-state index contributed by atoms with van der Waals surface area (Å²) in [6.45, 7) is 7.38. The summed E-state index contributed by atoms with van der Waals surface area (Å²) in [5.74, 6) is -0.0851. The van der Waals surface area contributed by atoms with Crippen molar-refractivity contribution in [2.75, 3.05) is 18.4 Å². The zero-order valence-electron chi connectivity index (χ0n) is 16.6. The molecule has 5 heteroatoms. The molecular weight excluding hydrogens is 350 g/mol. The number of likely N-dealkylation sites (tertiary alicyclic amines) is 1. The second-order valence-electron chi connectivity index (χ2n) is 7.85. The average Bonchev–Trinajstić information content (AvgIpc) is 3.07. The maximum Gasteiger partial charge on any atom is 0.230 e. The Morgan fingerprint density at radius 2 is 1.86 bits per heavy atom. The Balaban J connectivity index is 1.38. The highest BCUT2D eigenvalue weighted by atomic mass is 16.5. The van der Waals surface area contributed by atoms with Gasteiger partial charge < -0.3 is 9.84 Å². The number of nitrogens with one attached hydrogen (secondary N) is 1. The standard InChI is InChI=1S/C23H27N3O2/c1-16-12-17(2)23-20(13-16)21(25-28-23)14-22(27)24-19-8-6-18(7-9-19)15-26-10-4-3-5-11-26/h6-9,12-13H,3-5,10-11,14-15H2,1-2H3,(H,24,27). The van der Waals surface area contributed by atoms with E-state index in [4.69, 9.17) is 4.52 Å². The number of aromatic nitrogens is 1. The van der Waals surface area contributed by atoms with Gasteiger partial charge in [0.05, 0.1) is 6.42 Å². The molecular formula is C23H27N3O2. The number of anilines is 1. The molecule has 0 saturated carbocycles. The Hall–Kier alpha value is -2.66. The van der Waals surface area contributed by atoms with Gasteiger partial charge in [-0.25, -0.2) is 0 Å². The first kappa shape index (κ1) is 18.7. The first-order valence-corrected chi connectivity index (χ1v) is 10.0. The summed E-state index contributed by atoms with van der Waals surface area (Å²) in [5, 5.41) is 8.01. The summed E-state index contributed by atoms with van der Waals surface area (Å²) in [4.78, 5) is 15.0. The molecule has 5 nitrogen and oxygen atoms in total. The Kier molecular flexibility index (Phi) is 5.44. The molecule has 1 aliphatic heterocycles. The van der Waals surface area contributed by atoms with Crippen molar-refractivity contribution in [1.82, 2.24) is 10.1 Å². The van der Waals surface area contributed by atoms with Crippen molar-refractivity contribution < 1.29 is 9.32 Å². The van der Waals surface area contributed by atoms with E-state index in [1.165, 1.54) is 37.9 Å². The van der Waals surface area contributed by atoms with Crippen LogP contribution in [0.15, 0.2) is 40.9 Å². The largest absolute Gasteiger partial charge is 0.356 e. The molecule has 1 amide bonds. The van der Waals surface area contributed by atoms with Crippen LogP contribution >= 0.6 is 0 Å². The van der Waals surface area contributed by atoms with Crippen LogP contribution in [-0.2, 0) is 17.8 Å². The molecule has 4 rings (SSSR count). The molecule has 1 N–H and O–H groups in total. The van der Waals surface area contributed by atoms with E-state index in [9.17, 15) is 4.79 Å². The van der Waals surface area contributed by atoms with Crippen molar-refractivity contribution in [3.63, 3.8) is 0 Å². The summed E-state index contributed by atoms with van der Waals surface area (Å²) < 4.78 is 5.44. The fourth-order valence-electron chi connectivity index (χ4n) is 3.99. The quantitative estimate of drug-likeness (QED) is 0.705. The predicted octanol–water partition coefficient (Wildman–Crippen LogP) is 4.61. The Morgan fingerprint density at radius 1 is 1.11 bits per heavy atom. The van der Waals surface area contributed by atoms with Gasteiger partial charge >= 0.3 is 0 Å². The Bertz CT molecular complexity index is 969. The van der Waals surface area contributed by atoms with E-state index < -0.39 is 0 Å². The van der Waals surface area contributed by atoms with Crippen LogP contribution in [-0.4, -0.2) is 29.1 Å². The lowest BCUT2D eigenvalue weighted by Crippen LogP contribution is -2.29. The Morgan fingerprint density at radius 3 is 2.61 bits per heavy atom. The molecule has 3 aromatic rings. The van der Waals surface area contributed by atoms with Gasteiger partial charge in [-0.05, 0) is 74.7 Å². The monoisotopic (exact) mass is 377 g/mol. The SMILES string of the molecule is Cc1cc(C)c2onc(CC(=O)Nc3ccc(CN4CCCCC4)cc3)c2c1. The molecule has 146 valence electrons. The number of carbonyl (C=O) groups is 1. The van der Waals surface area contributed by atoms with E-state index in [0.717, 1.165) is 34.3 Å². The van der Waals surface area contributed by atoms with Crippen molar-refractivity contribution >= 4 is 22.6 Å². The lowest BCUT2D eigenvalue weighted by molar-refractivity contribution is -0.115. The predicted molar refractivity (Wildman–Crippen MR) is 111 cm³/mol. The number of amides is 1. The summed E-state index contributed by atoms with van der Waals surface area (Å²) in [7, 11) is 0. The van der Waals surface area contributed by atoms with E-state index in [1.54, 1.807) is 0 Å². The van der Waals surface area contributed by atoms with Crippen LogP contribution < -0.4 is 5.32 Å². The number of piperidine rings is 1. The lowest BCUT2D eigenvalue weighted by Gasteiger charge is -2.26. The van der Waals surface area contributed by atoms with Crippen molar-refractivity contribution in [3.05, 3.63) is 58.8 Å². The highest BCUT2D eigenvalue weighted by Crippen LogP contribution is 2.24. The van der Waals surface area contributed by atoms with Gasteiger partial charge in [0.25, 0.3) is 0 Å². The van der Waals surface area contributed by atoms with Gasteiger partial charge in [0.2, 0.25) is 5.91 Å². The number of aryl methyl sites for hydroxylation is 2. The molecule has 1 aliphatic rings. The third-order valence-corrected chi connectivity index (χ3v) is 5.40. The smallest absolute Gasteiger partial charge is 0.230 e. The van der Waals surface area contributed by atoms with Gasteiger partial charge in [-0.2, -0.15) is 0 Å². The minimum absolute atomic E-state index is 0.0851. The second-order valence-corrected chi connectivity index (χ2v) is 7.85. The fourth-order valence-corrected chi connectivity index (χ4v) is 3.99. The zero-order chi connectivity index (χ0) is 19.5. The summed E-state index contributed by atoms with van der Waals surface area (Å²) in [6, 6.07) is 12.2. The van der Waals surface area contributed by atoms with E-state index in [1.807, 2.05) is 32.0 Å². The van der Waals surface area contributed by atoms with Gasteiger partial charge in [-0.1, -0.05) is 29.8 Å². The molecule has 0 bridgehead atoms. The van der Waals surface area contributed by atoms with Crippen molar-refractivity contribution in [1.29, 1.82) is 0 Å². The maximum atomic E-state index is 12.5. The number of rotatable bonds is 5. The van der Waals surface area contributed by atoms with Gasteiger partial charge in [0.15, 0.2) is 5.58 Å². The molecule has 28 heavy (non-hydrogen) atoms. The Labute approximate surface area is 165 Å². The van der Waals surface area contributed by atoms with Gasteiger partial charge in [0, 0.05) is 17.6 Å². The number of benzene rings is 2. The van der Waals surface area contributed by atoms with E-state index >= 15 is 0 Å². The summed E-state index contributed by atoms with van der Waals surface area (Å²) in [6.07, 6.45) is 4.14. The third-order valence-electron chi connectivity index (χ3n) is 5.40. The molecule has 0 aliphatic carbocycles. The highest BCUT2D eigenvalue weighted by Gasteiger charge is 2.15. The molecule has 2 aromatic carbocycles. The first-order valence-electron chi connectivity index (χ1n) is 10.0. The molecule has 0 spiro atoms. The van der Waals surface area contributed by atoms with Crippen LogP contribution in [0, 0.1) is 13.8 Å². The molecule has 0 radical (unpaired) electrons. The van der Waals surface area contributed by atoms with Crippen LogP contribution in [0.1, 0.15) is 41.6 Å². The number of nitrogens with zero attached hydrogens (tertiary/aromatic N) is 2. The topological polar surface area (TPSA) is 58.4 Å². The van der Waals surface area contributed by atoms with Crippen molar-refractivity contribution in [2.45, 2.75) is 46.1 Å². The normalized spacial score (nSPS) is 15.1. The van der Waals surface area contributed by atoms with E-state index in [0.29, 0.717) is 5.69 Å². The van der Waals surface area contributed by atoms with Crippen molar-refractivity contribution in [2.24, 2.45) is 0 Å². The van der Waals surface area contributed by atoms with Crippen molar-refractivity contribution in [3.8, 4) is 0 Å². The fraction of sp³-hybridized carbons (Fsp3) is 0.391. The van der Waals surface area contributed by atoms with E-state index in [2.05, 4.69) is 33.6 Å². The number of hydrogen-bond acceptors (Lipinski definition) is 4. The van der Waals surface area contributed by atoms with Crippen LogP contribution in [0.4, 0.5) is 5.69 Å². The maximum absolute atomic E-state index is 12.5. The highest BCUT2D eigenvalue weighted by molar-refractivity contribution is 5.95. The van der Waals surface area contributed by atoms with E-state index in [-0.39, 0.29) is 12.3 Å². The van der Waals surface area contributed by atoms with Crippen LogP contribution in [0.25, 0.3) is 11.0 Å². The zero-order valence-corrected chi connectivity index (χ0v) is 16.6. The molecule has 0 unspecified atom stereocenters. The molecule has 1 saturated heterocycles. The third kappa shape index (κ3) is 4.25. The first-order chi connectivity index (χ1) is 13.6. The molecule has 0 atom stereocenters. The second kappa shape index (κ2) is 8.15. The van der Waals surface area contributed by atoms with Gasteiger partial charge in [0.1, 0.15) is 5.69 Å².